The summed E-state index contributed by atoms with van der Waals surface area (Å²) in [6, 6.07) is 12.8. The number of anilines is 2. The van der Waals surface area contributed by atoms with Crippen LogP contribution in [-0.2, 0) is 21.0 Å². The van der Waals surface area contributed by atoms with E-state index in [0.717, 1.165) is 35.3 Å². The van der Waals surface area contributed by atoms with Crippen LogP contribution in [0.15, 0.2) is 54.6 Å². The molecule has 1 heterocycles. The average Bonchev–Trinajstić information content (AvgIpc) is 3.14. The minimum atomic E-state index is -4.65. The van der Waals surface area contributed by atoms with E-state index in [-0.39, 0.29) is 10.8 Å². The number of hydrogen-bond acceptors (Lipinski definition) is 6. The van der Waals surface area contributed by atoms with Crippen molar-refractivity contribution in [2.45, 2.75) is 6.18 Å². The highest BCUT2D eigenvalue weighted by molar-refractivity contribution is 7.92. The van der Waals surface area contributed by atoms with Gasteiger partial charge in [-0.25, -0.2) is 8.42 Å². The number of nitrogens with one attached hydrogen (secondary N) is 1. The lowest BCUT2D eigenvalue weighted by Crippen LogP contribution is -2.37. The van der Waals surface area contributed by atoms with E-state index in [2.05, 4.69) is 15.5 Å². The molecular weight excluding hydrogens is 441 g/mol. The molecule has 0 bridgehead atoms. The molecule has 0 aliphatic rings. The Morgan fingerprint density at radius 2 is 1.80 bits per heavy atom. The number of carbonyl (C=O) groups excluding carboxylic acids is 1. The first-order valence-electron chi connectivity index (χ1n) is 8.38. The molecule has 30 heavy (non-hydrogen) atoms. The summed E-state index contributed by atoms with van der Waals surface area (Å²) in [6.07, 6.45) is -3.85. The molecule has 12 heteroatoms. The van der Waals surface area contributed by atoms with E-state index < -0.39 is 34.2 Å². The van der Waals surface area contributed by atoms with Crippen LogP contribution in [0.1, 0.15) is 5.56 Å². The summed E-state index contributed by atoms with van der Waals surface area (Å²) in [4.78, 5) is 12.4. The number of nitrogens with zero attached hydrogens (tertiary/aromatic N) is 3. The lowest BCUT2D eigenvalue weighted by Gasteiger charge is -2.22. The van der Waals surface area contributed by atoms with Crippen molar-refractivity contribution in [2.75, 3.05) is 22.4 Å². The fourth-order valence-electron chi connectivity index (χ4n) is 2.50. The minimum absolute atomic E-state index is 0.136. The summed E-state index contributed by atoms with van der Waals surface area (Å²) in [5.41, 5.74) is -0.507. The van der Waals surface area contributed by atoms with Gasteiger partial charge in [0.25, 0.3) is 0 Å². The van der Waals surface area contributed by atoms with E-state index >= 15 is 0 Å². The van der Waals surface area contributed by atoms with Gasteiger partial charge in [-0.1, -0.05) is 47.7 Å². The molecule has 0 unspecified atom stereocenters. The second-order valence-electron chi connectivity index (χ2n) is 6.14. The predicted octanol–water partition coefficient (Wildman–Crippen LogP) is 3.63. The van der Waals surface area contributed by atoms with Gasteiger partial charge in [0.15, 0.2) is 0 Å². The summed E-state index contributed by atoms with van der Waals surface area (Å²) in [5.74, 6) is -0.770. The van der Waals surface area contributed by atoms with Crippen LogP contribution in [-0.4, -0.2) is 37.3 Å². The highest BCUT2D eigenvalue weighted by atomic mass is 32.2. The molecular formula is C18H15F3N4O3S2. The topological polar surface area (TPSA) is 92.3 Å². The van der Waals surface area contributed by atoms with Crippen LogP contribution in [0.4, 0.5) is 24.0 Å². The Bertz CT molecular complexity index is 1150. The van der Waals surface area contributed by atoms with Gasteiger partial charge in [-0.05, 0) is 18.2 Å². The fraction of sp³-hybridized carbons (Fsp3) is 0.167. The van der Waals surface area contributed by atoms with E-state index in [4.69, 9.17) is 0 Å². The number of carbonyl (C=O) groups is 1. The van der Waals surface area contributed by atoms with Crippen molar-refractivity contribution in [2.24, 2.45) is 0 Å². The molecule has 158 valence electrons. The Kier molecular flexibility index (Phi) is 6.08. The molecule has 1 aromatic heterocycles. The third-order valence-corrected chi connectivity index (χ3v) is 5.87. The molecule has 0 saturated heterocycles. The maximum Gasteiger partial charge on any atom is 0.416 e. The van der Waals surface area contributed by atoms with Crippen molar-refractivity contribution >= 4 is 38.1 Å². The van der Waals surface area contributed by atoms with Crippen LogP contribution < -0.4 is 9.62 Å². The number of benzene rings is 2. The number of halogens is 3. The smallest absolute Gasteiger partial charge is 0.299 e. The molecule has 0 fully saturated rings. The van der Waals surface area contributed by atoms with Crippen LogP contribution in [0.5, 0.6) is 0 Å². The molecule has 1 N–H and O–H groups in total. The maximum atomic E-state index is 13.0. The molecule has 0 saturated carbocycles. The van der Waals surface area contributed by atoms with Crippen molar-refractivity contribution < 1.29 is 26.4 Å². The Labute approximate surface area is 174 Å². The zero-order chi connectivity index (χ0) is 21.9. The molecule has 0 spiro atoms. The lowest BCUT2D eigenvalue weighted by atomic mass is 10.2. The highest BCUT2D eigenvalue weighted by Gasteiger charge is 2.32. The third kappa shape index (κ3) is 5.33. The lowest BCUT2D eigenvalue weighted by molar-refractivity contribution is -0.137. The Morgan fingerprint density at radius 1 is 1.10 bits per heavy atom. The van der Waals surface area contributed by atoms with Gasteiger partial charge in [-0.3, -0.25) is 14.4 Å². The third-order valence-electron chi connectivity index (χ3n) is 3.84. The molecule has 0 atom stereocenters. The van der Waals surface area contributed by atoms with E-state index in [1.807, 2.05) is 30.3 Å². The first-order chi connectivity index (χ1) is 14.0. The molecule has 3 aromatic rings. The number of rotatable bonds is 6. The number of hydrogen-bond donors (Lipinski definition) is 1. The quantitative estimate of drug-likeness (QED) is 0.612. The van der Waals surface area contributed by atoms with Gasteiger partial charge in [0.2, 0.25) is 21.1 Å². The molecule has 0 aliphatic carbocycles. The maximum absolute atomic E-state index is 13.0. The van der Waals surface area contributed by atoms with Crippen LogP contribution in [0.3, 0.4) is 0 Å². The Morgan fingerprint density at radius 3 is 2.43 bits per heavy atom. The average molecular weight is 456 g/mol. The van der Waals surface area contributed by atoms with Gasteiger partial charge in [0.05, 0.1) is 17.5 Å². The molecule has 0 radical (unpaired) electrons. The number of alkyl halides is 3. The molecule has 2 aromatic carbocycles. The van der Waals surface area contributed by atoms with E-state index in [1.165, 1.54) is 6.07 Å². The van der Waals surface area contributed by atoms with Crippen molar-refractivity contribution in [1.29, 1.82) is 0 Å². The number of amides is 1. The zero-order valence-electron chi connectivity index (χ0n) is 15.4. The van der Waals surface area contributed by atoms with Gasteiger partial charge in [-0.15, -0.1) is 10.2 Å². The Balaban J connectivity index is 1.78. The van der Waals surface area contributed by atoms with Gasteiger partial charge >= 0.3 is 6.18 Å². The monoisotopic (exact) mass is 456 g/mol. The number of sulfonamides is 1. The van der Waals surface area contributed by atoms with Crippen LogP contribution in [0.2, 0.25) is 0 Å². The molecule has 7 nitrogen and oxygen atoms in total. The molecule has 0 aliphatic heterocycles. The minimum Gasteiger partial charge on any atom is -0.299 e. The number of aromatic nitrogens is 2. The van der Waals surface area contributed by atoms with Crippen molar-refractivity contribution in [3.05, 3.63) is 60.2 Å². The van der Waals surface area contributed by atoms with Crippen LogP contribution in [0, 0.1) is 0 Å². The second kappa shape index (κ2) is 8.40. The van der Waals surface area contributed by atoms with Crippen molar-refractivity contribution in [1.82, 2.24) is 10.2 Å². The standard InChI is InChI=1S/C18H15F3N4O3S2/c1-30(27,28)25(14-9-5-8-13(10-14)18(19,20)21)11-15(26)22-17-24-23-16(29-17)12-6-3-2-4-7-12/h2-10H,11H2,1H3,(H,22,24,26). The van der Waals surface area contributed by atoms with Gasteiger partial charge in [0.1, 0.15) is 11.6 Å². The summed E-state index contributed by atoms with van der Waals surface area (Å²) < 4.78 is 63.7. The largest absolute Gasteiger partial charge is 0.416 e. The van der Waals surface area contributed by atoms with Crippen LogP contribution in [0.25, 0.3) is 10.6 Å². The van der Waals surface area contributed by atoms with E-state index in [9.17, 15) is 26.4 Å². The predicted molar refractivity (Wildman–Crippen MR) is 108 cm³/mol. The van der Waals surface area contributed by atoms with Crippen molar-refractivity contribution in [3.8, 4) is 10.6 Å². The summed E-state index contributed by atoms with van der Waals surface area (Å²) in [7, 11) is -4.03. The molecule has 1 amide bonds. The fourth-order valence-corrected chi connectivity index (χ4v) is 4.11. The second-order valence-corrected chi connectivity index (χ2v) is 9.03. The summed E-state index contributed by atoms with van der Waals surface area (Å²) in [6.45, 7) is -0.722. The first kappa shape index (κ1) is 21.7. The highest BCUT2D eigenvalue weighted by Crippen LogP contribution is 2.32. The molecule has 3 rings (SSSR count). The van der Waals surface area contributed by atoms with Crippen molar-refractivity contribution in [3.63, 3.8) is 0 Å². The van der Waals surface area contributed by atoms with Gasteiger partial charge in [-0.2, -0.15) is 13.2 Å². The van der Waals surface area contributed by atoms with E-state index in [0.29, 0.717) is 15.4 Å². The normalized spacial score (nSPS) is 11.9. The first-order valence-corrected chi connectivity index (χ1v) is 11.0. The SMILES string of the molecule is CS(=O)(=O)N(CC(=O)Nc1nnc(-c2ccccc2)s1)c1cccc(C(F)(F)F)c1. The van der Waals surface area contributed by atoms with Crippen LogP contribution >= 0.6 is 11.3 Å². The van der Waals surface area contributed by atoms with Gasteiger partial charge < -0.3 is 0 Å². The van der Waals surface area contributed by atoms with E-state index in [1.54, 1.807) is 0 Å². The summed E-state index contributed by atoms with van der Waals surface area (Å²) >= 11 is 1.08. The van der Waals surface area contributed by atoms with Gasteiger partial charge in [0, 0.05) is 5.56 Å². The Hall–Kier alpha value is -2.99. The zero-order valence-corrected chi connectivity index (χ0v) is 17.1. The summed E-state index contributed by atoms with van der Waals surface area (Å²) in [5, 5.41) is 10.9.